The molecular weight excluding hydrogens is 198 g/mol. The fraction of sp³-hybridized carbons (Fsp3) is 0.769. The molecular formula is C13H25N3. The van der Waals surface area contributed by atoms with E-state index in [4.69, 9.17) is 10.7 Å². The second kappa shape index (κ2) is 4.89. The smallest absolute Gasteiger partial charge is 0.127 e. The summed E-state index contributed by atoms with van der Waals surface area (Å²) < 4.78 is 2.19. The predicted molar refractivity (Wildman–Crippen MR) is 69.7 cm³/mol. The van der Waals surface area contributed by atoms with Crippen molar-refractivity contribution >= 4 is 5.82 Å². The number of aromatic nitrogens is 2. The van der Waals surface area contributed by atoms with Crippen LogP contribution in [-0.4, -0.2) is 9.55 Å². The SMILES string of the molecule is CC(C)Cn1c(C(C)C)nc(C(C)C)c1N. The van der Waals surface area contributed by atoms with Crippen molar-refractivity contribution < 1.29 is 0 Å². The third-order valence-electron chi connectivity index (χ3n) is 2.68. The first kappa shape index (κ1) is 13.1. The first-order chi connectivity index (χ1) is 7.34. The van der Waals surface area contributed by atoms with Crippen LogP contribution in [0.15, 0.2) is 0 Å². The van der Waals surface area contributed by atoms with E-state index in [0.29, 0.717) is 17.8 Å². The van der Waals surface area contributed by atoms with Crippen molar-refractivity contribution in [2.75, 3.05) is 5.73 Å². The van der Waals surface area contributed by atoms with Crippen LogP contribution in [-0.2, 0) is 6.54 Å². The van der Waals surface area contributed by atoms with Gasteiger partial charge in [0.05, 0.1) is 5.69 Å². The average molecular weight is 223 g/mol. The van der Waals surface area contributed by atoms with Gasteiger partial charge in [0, 0.05) is 12.5 Å². The first-order valence-electron chi connectivity index (χ1n) is 6.20. The van der Waals surface area contributed by atoms with Crippen LogP contribution in [0.1, 0.15) is 64.9 Å². The predicted octanol–water partition coefficient (Wildman–Crippen LogP) is 3.37. The van der Waals surface area contributed by atoms with Gasteiger partial charge in [-0.2, -0.15) is 0 Å². The lowest BCUT2D eigenvalue weighted by molar-refractivity contribution is 0.502. The fourth-order valence-corrected chi connectivity index (χ4v) is 1.93. The third-order valence-corrected chi connectivity index (χ3v) is 2.68. The summed E-state index contributed by atoms with van der Waals surface area (Å²) in [5.41, 5.74) is 7.24. The Bertz CT molecular complexity index is 348. The second-order valence-corrected chi connectivity index (χ2v) is 5.55. The molecule has 0 spiro atoms. The average Bonchev–Trinajstić information content (AvgIpc) is 2.43. The highest BCUT2D eigenvalue weighted by Crippen LogP contribution is 2.27. The van der Waals surface area contributed by atoms with Crippen molar-refractivity contribution in [2.45, 2.75) is 59.9 Å². The zero-order valence-electron chi connectivity index (χ0n) is 11.4. The van der Waals surface area contributed by atoms with E-state index >= 15 is 0 Å². The molecule has 1 rings (SSSR count). The molecule has 0 unspecified atom stereocenters. The Kier molecular flexibility index (Phi) is 4.00. The molecule has 0 aliphatic heterocycles. The zero-order chi connectivity index (χ0) is 12.5. The lowest BCUT2D eigenvalue weighted by Crippen LogP contribution is -2.12. The van der Waals surface area contributed by atoms with Crippen molar-refractivity contribution in [3.8, 4) is 0 Å². The highest BCUT2D eigenvalue weighted by Gasteiger charge is 2.19. The number of nitrogens with two attached hydrogens (primary N) is 1. The van der Waals surface area contributed by atoms with Gasteiger partial charge in [0.2, 0.25) is 0 Å². The molecule has 0 atom stereocenters. The second-order valence-electron chi connectivity index (χ2n) is 5.55. The van der Waals surface area contributed by atoms with Crippen LogP contribution >= 0.6 is 0 Å². The van der Waals surface area contributed by atoms with Gasteiger partial charge in [-0.15, -0.1) is 0 Å². The normalized spacial score (nSPS) is 12.1. The van der Waals surface area contributed by atoms with E-state index in [2.05, 4.69) is 46.1 Å². The molecule has 0 saturated heterocycles. The molecule has 1 aromatic rings. The van der Waals surface area contributed by atoms with Gasteiger partial charge in [0.15, 0.2) is 0 Å². The number of imidazole rings is 1. The number of nitrogen functional groups attached to an aromatic ring is 1. The third kappa shape index (κ3) is 2.57. The molecule has 0 saturated carbocycles. The number of nitrogens with zero attached hydrogens (tertiary/aromatic N) is 2. The maximum atomic E-state index is 6.19. The van der Waals surface area contributed by atoms with Crippen LogP contribution in [0, 0.1) is 5.92 Å². The molecule has 16 heavy (non-hydrogen) atoms. The first-order valence-corrected chi connectivity index (χ1v) is 6.20. The Morgan fingerprint density at radius 2 is 1.62 bits per heavy atom. The summed E-state index contributed by atoms with van der Waals surface area (Å²) in [7, 11) is 0. The molecule has 92 valence electrons. The quantitative estimate of drug-likeness (QED) is 0.850. The summed E-state index contributed by atoms with van der Waals surface area (Å²) in [5, 5.41) is 0. The minimum Gasteiger partial charge on any atom is -0.384 e. The highest BCUT2D eigenvalue weighted by atomic mass is 15.1. The molecule has 0 radical (unpaired) electrons. The summed E-state index contributed by atoms with van der Waals surface area (Å²) in [6.45, 7) is 14.0. The van der Waals surface area contributed by atoms with Crippen LogP contribution in [0.4, 0.5) is 5.82 Å². The maximum Gasteiger partial charge on any atom is 0.127 e. The van der Waals surface area contributed by atoms with E-state index in [1.165, 1.54) is 0 Å². The topological polar surface area (TPSA) is 43.8 Å². The van der Waals surface area contributed by atoms with Gasteiger partial charge in [-0.05, 0) is 11.8 Å². The summed E-state index contributed by atoms with van der Waals surface area (Å²) in [4.78, 5) is 4.70. The van der Waals surface area contributed by atoms with Crippen molar-refractivity contribution in [2.24, 2.45) is 5.92 Å². The van der Waals surface area contributed by atoms with E-state index < -0.39 is 0 Å². The number of rotatable bonds is 4. The van der Waals surface area contributed by atoms with Crippen molar-refractivity contribution in [1.29, 1.82) is 0 Å². The molecule has 1 heterocycles. The highest BCUT2D eigenvalue weighted by molar-refractivity contribution is 5.40. The van der Waals surface area contributed by atoms with E-state index in [-0.39, 0.29) is 0 Å². The van der Waals surface area contributed by atoms with Crippen LogP contribution in [0.3, 0.4) is 0 Å². The lowest BCUT2D eigenvalue weighted by atomic mass is 10.1. The molecule has 0 amide bonds. The zero-order valence-corrected chi connectivity index (χ0v) is 11.4. The van der Waals surface area contributed by atoms with Gasteiger partial charge in [-0.1, -0.05) is 41.5 Å². The summed E-state index contributed by atoms with van der Waals surface area (Å²) in [6, 6.07) is 0. The van der Waals surface area contributed by atoms with Gasteiger partial charge in [-0.25, -0.2) is 4.98 Å². The van der Waals surface area contributed by atoms with Crippen molar-refractivity contribution in [1.82, 2.24) is 9.55 Å². The monoisotopic (exact) mass is 223 g/mol. The Hall–Kier alpha value is -0.990. The van der Waals surface area contributed by atoms with Gasteiger partial charge in [0.1, 0.15) is 11.6 Å². The fourth-order valence-electron chi connectivity index (χ4n) is 1.93. The Labute approximate surface area is 99.1 Å². The number of hydrogen-bond acceptors (Lipinski definition) is 2. The molecule has 0 aliphatic rings. The standard InChI is InChI=1S/C13H25N3/c1-8(2)7-16-12(14)11(9(3)4)15-13(16)10(5)6/h8-10H,7,14H2,1-6H3. The van der Waals surface area contributed by atoms with E-state index in [1.807, 2.05) is 0 Å². The molecule has 0 aromatic carbocycles. The van der Waals surface area contributed by atoms with Gasteiger partial charge in [-0.3, -0.25) is 0 Å². The van der Waals surface area contributed by atoms with Crippen LogP contribution < -0.4 is 5.73 Å². The van der Waals surface area contributed by atoms with E-state index in [1.54, 1.807) is 0 Å². The summed E-state index contributed by atoms with van der Waals surface area (Å²) >= 11 is 0. The lowest BCUT2D eigenvalue weighted by Gasteiger charge is -2.14. The number of anilines is 1. The minimum atomic E-state index is 0.394. The van der Waals surface area contributed by atoms with E-state index in [9.17, 15) is 0 Å². The van der Waals surface area contributed by atoms with Crippen LogP contribution in [0.25, 0.3) is 0 Å². The van der Waals surface area contributed by atoms with Gasteiger partial charge in [0.25, 0.3) is 0 Å². The molecule has 2 N–H and O–H groups in total. The molecule has 0 bridgehead atoms. The molecule has 0 aliphatic carbocycles. The van der Waals surface area contributed by atoms with Crippen molar-refractivity contribution in [3.63, 3.8) is 0 Å². The van der Waals surface area contributed by atoms with Crippen molar-refractivity contribution in [3.05, 3.63) is 11.5 Å². The van der Waals surface area contributed by atoms with E-state index in [0.717, 1.165) is 23.9 Å². The Morgan fingerprint density at radius 3 is 2.00 bits per heavy atom. The molecule has 3 heteroatoms. The summed E-state index contributed by atoms with van der Waals surface area (Å²) in [6.07, 6.45) is 0. The Morgan fingerprint density at radius 1 is 1.06 bits per heavy atom. The molecule has 3 nitrogen and oxygen atoms in total. The largest absolute Gasteiger partial charge is 0.384 e. The number of hydrogen-bond donors (Lipinski definition) is 1. The molecule has 0 fully saturated rings. The van der Waals surface area contributed by atoms with Crippen LogP contribution in [0.5, 0.6) is 0 Å². The summed E-state index contributed by atoms with van der Waals surface area (Å²) in [5.74, 6) is 3.38. The van der Waals surface area contributed by atoms with Gasteiger partial charge < -0.3 is 10.3 Å². The Balaban J connectivity index is 3.20. The van der Waals surface area contributed by atoms with Crippen LogP contribution in [0.2, 0.25) is 0 Å². The van der Waals surface area contributed by atoms with Gasteiger partial charge >= 0.3 is 0 Å². The maximum absolute atomic E-state index is 6.19. The minimum absolute atomic E-state index is 0.394. The molecule has 1 aromatic heterocycles.